The van der Waals surface area contributed by atoms with Crippen molar-refractivity contribution in [2.45, 2.75) is 20.3 Å². The first-order valence-corrected chi connectivity index (χ1v) is 4.65. The van der Waals surface area contributed by atoms with E-state index in [1.807, 2.05) is 18.2 Å². The van der Waals surface area contributed by atoms with Gasteiger partial charge in [-0.15, -0.1) is 6.58 Å². The average molecular weight is 196 g/mol. The van der Waals surface area contributed by atoms with E-state index in [-0.39, 0.29) is 5.41 Å². The molecule has 0 aromatic carbocycles. The van der Waals surface area contributed by atoms with Gasteiger partial charge in [0.15, 0.2) is 0 Å². The number of pyridine rings is 1. The summed E-state index contributed by atoms with van der Waals surface area (Å²) in [6, 6.07) is 3.88. The summed E-state index contributed by atoms with van der Waals surface area (Å²) in [4.78, 5) is 3.94. The Kier molecular flexibility index (Phi) is 3.10. The SMILES string of the molecule is C=CC(C)(C)Cc1ccnc(Cl)c1. The van der Waals surface area contributed by atoms with Crippen LogP contribution in [-0.2, 0) is 6.42 Å². The number of aromatic nitrogens is 1. The second-order valence-corrected chi connectivity index (χ2v) is 4.24. The van der Waals surface area contributed by atoms with Gasteiger partial charge in [-0.2, -0.15) is 0 Å². The monoisotopic (exact) mass is 195 g/mol. The summed E-state index contributed by atoms with van der Waals surface area (Å²) in [7, 11) is 0. The minimum Gasteiger partial charge on any atom is -0.245 e. The van der Waals surface area contributed by atoms with E-state index < -0.39 is 0 Å². The molecule has 0 amide bonds. The molecule has 1 heterocycles. The largest absolute Gasteiger partial charge is 0.245 e. The van der Waals surface area contributed by atoms with Crippen molar-refractivity contribution in [1.29, 1.82) is 0 Å². The summed E-state index contributed by atoms with van der Waals surface area (Å²) in [5.74, 6) is 0. The first-order chi connectivity index (χ1) is 6.03. The molecular weight excluding hydrogens is 182 g/mol. The molecule has 0 saturated heterocycles. The van der Waals surface area contributed by atoms with Crippen LogP contribution in [0.5, 0.6) is 0 Å². The van der Waals surface area contributed by atoms with Gasteiger partial charge in [-0.3, -0.25) is 0 Å². The van der Waals surface area contributed by atoms with E-state index in [0.29, 0.717) is 5.15 Å². The van der Waals surface area contributed by atoms with Crippen molar-refractivity contribution in [1.82, 2.24) is 4.98 Å². The summed E-state index contributed by atoms with van der Waals surface area (Å²) in [5, 5.41) is 0.553. The summed E-state index contributed by atoms with van der Waals surface area (Å²) in [5.41, 5.74) is 1.31. The van der Waals surface area contributed by atoms with Crippen LogP contribution in [0.2, 0.25) is 5.15 Å². The lowest BCUT2D eigenvalue weighted by Gasteiger charge is -2.19. The summed E-state index contributed by atoms with van der Waals surface area (Å²) >= 11 is 5.78. The van der Waals surface area contributed by atoms with Crippen LogP contribution in [0.1, 0.15) is 19.4 Å². The fourth-order valence-corrected chi connectivity index (χ4v) is 1.35. The molecule has 70 valence electrons. The number of hydrogen-bond donors (Lipinski definition) is 0. The highest BCUT2D eigenvalue weighted by Crippen LogP contribution is 2.23. The van der Waals surface area contributed by atoms with Crippen molar-refractivity contribution in [2.75, 3.05) is 0 Å². The zero-order valence-corrected chi connectivity index (χ0v) is 8.80. The fourth-order valence-electron chi connectivity index (χ4n) is 1.15. The van der Waals surface area contributed by atoms with Gasteiger partial charge in [0.05, 0.1) is 0 Å². The molecule has 0 unspecified atom stereocenters. The van der Waals surface area contributed by atoms with E-state index in [4.69, 9.17) is 11.6 Å². The minimum atomic E-state index is 0.116. The van der Waals surface area contributed by atoms with E-state index in [2.05, 4.69) is 25.4 Å². The lowest BCUT2D eigenvalue weighted by molar-refractivity contribution is 0.479. The van der Waals surface area contributed by atoms with E-state index in [1.54, 1.807) is 6.20 Å². The highest BCUT2D eigenvalue weighted by molar-refractivity contribution is 6.29. The molecule has 0 aliphatic rings. The number of rotatable bonds is 3. The summed E-state index contributed by atoms with van der Waals surface area (Å²) in [6.45, 7) is 8.10. The quantitative estimate of drug-likeness (QED) is 0.532. The van der Waals surface area contributed by atoms with Crippen LogP contribution in [0.15, 0.2) is 31.0 Å². The molecule has 1 aromatic rings. The highest BCUT2D eigenvalue weighted by atomic mass is 35.5. The standard InChI is InChI=1S/C11H14ClN/c1-4-11(2,3)8-9-5-6-13-10(12)7-9/h4-7H,1,8H2,2-3H3. The van der Waals surface area contributed by atoms with Crippen LogP contribution >= 0.6 is 11.6 Å². The van der Waals surface area contributed by atoms with E-state index >= 15 is 0 Å². The molecule has 1 rings (SSSR count). The second-order valence-electron chi connectivity index (χ2n) is 3.86. The lowest BCUT2D eigenvalue weighted by Crippen LogP contribution is -2.10. The van der Waals surface area contributed by atoms with Gasteiger partial charge in [0.1, 0.15) is 5.15 Å². The van der Waals surface area contributed by atoms with E-state index in [0.717, 1.165) is 6.42 Å². The van der Waals surface area contributed by atoms with Gasteiger partial charge >= 0.3 is 0 Å². The van der Waals surface area contributed by atoms with Gasteiger partial charge in [0.2, 0.25) is 0 Å². The van der Waals surface area contributed by atoms with Crippen LogP contribution in [0.25, 0.3) is 0 Å². The molecular formula is C11H14ClN. The Bertz CT molecular complexity index is 305. The van der Waals surface area contributed by atoms with Gasteiger partial charge in [0.25, 0.3) is 0 Å². The molecule has 2 heteroatoms. The van der Waals surface area contributed by atoms with Crippen molar-refractivity contribution < 1.29 is 0 Å². The Morgan fingerprint density at radius 2 is 2.31 bits per heavy atom. The van der Waals surface area contributed by atoms with Gasteiger partial charge in [-0.1, -0.05) is 31.5 Å². The molecule has 0 atom stereocenters. The minimum absolute atomic E-state index is 0.116. The number of halogens is 1. The van der Waals surface area contributed by atoms with Gasteiger partial charge in [-0.05, 0) is 29.5 Å². The molecule has 0 aliphatic heterocycles. The van der Waals surface area contributed by atoms with Gasteiger partial charge < -0.3 is 0 Å². The molecule has 0 aliphatic carbocycles. The molecule has 0 fully saturated rings. The van der Waals surface area contributed by atoms with Crippen LogP contribution < -0.4 is 0 Å². The van der Waals surface area contributed by atoms with Crippen LogP contribution in [0.4, 0.5) is 0 Å². The average Bonchev–Trinajstić information content (AvgIpc) is 2.03. The Balaban J connectivity index is 2.80. The third-order valence-corrected chi connectivity index (χ3v) is 2.21. The van der Waals surface area contributed by atoms with Crippen molar-refractivity contribution in [3.63, 3.8) is 0 Å². The van der Waals surface area contributed by atoms with Crippen molar-refractivity contribution in [2.24, 2.45) is 5.41 Å². The van der Waals surface area contributed by atoms with Crippen LogP contribution in [0.3, 0.4) is 0 Å². The molecule has 1 aromatic heterocycles. The molecule has 0 spiro atoms. The van der Waals surface area contributed by atoms with Crippen LogP contribution in [-0.4, -0.2) is 4.98 Å². The Morgan fingerprint density at radius 1 is 1.62 bits per heavy atom. The second kappa shape index (κ2) is 3.93. The number of allylic oxidation sites excluding steroid dienone is 1. The zero-order valence-electron chi connectivity index (χ0n) is 8.05. The fraction of sp³-hybridized carbons (Fsp3) is 0.364. The maximum atomic E-state index is 5.78. The van der Waals surface area contributed by atoms with Gasteiger partial charge in [-0.25, -0.2) is 4.98 Å². The van der Waals surface area contributed by atoms with Crippen molar-refractivity contribution in [3.8, 4) is 0 Å². The maximum Gasteiger partial charge on any atom is 0.129 e. The lowest BCUT2D eigenvalue weighted by atomic mass is 9.86. The molecule has 0 bridgehead atoms. The summed E-state index contributed by atoms with van der Waals surface area (Å²) < 4.78 is 0. The first kappa shape index (κ1) is 10.3. The summed E-state index contributed by atoms with van der Waals surface area (Å²) in [6.07, 6.45) is 4.64. The Labute approximate surface area is 84.5 Å². The maximum absolute atomic E-state index is 5.78. The van der Waals surface area contributed by atoms with E-state index in [9.17, 15) is 0 Å². The zero-order chi connectivity index (χ0) is 9.90. The molecule has 0 radical (unpaired) electrons. The van der Waals surface area contributed by atoms with Crippen molar-refractivity contribution >= 4 is 11.6 Å². The number of nitrogens with zero attached hydrogens (tertiary/aromatic N) is 1. The van der Waals surface area contributed by atoms with E-state index in [1.165, 1.54) is 5.56 Å². The third-order valence-electron chi connectivity index (χ3n) is 2.00. The Morgan fingerprint density at radius 3 is 2.85 bits per heavy atom. The number of hydrogen-bond acceptors (Lipinski definition) is 1. The van der Waals surface area contributed by atoms with Crippen LogP contribution in [0, 0.1) is 5.41 Å². The van der Waals surface area contributed by atoms with Gasteiger partial charge in [0, 0.05) is 6.20 Å². The predicted molar refractivity (Wildman–Crippen MR) is 56.9 cm³/mol. The third kappa shape index (κ3) is 3.19. The molecule has 0 saturated carbocycles. The topological polar surface area (TPSA) is 12.9 Å². The predicted octanol–water partition coefficient (Wildman–Crippen LogP) is 3.49. The smallest absolute Gasteiger partial charge is 0.129 e. The first-order valence-electron chi connectivity index (χ1n) is 4.27. The van der Waals surface area contributed by atoms with Crippen molar-refractivity contribution in [3.05, 3.63) is 41.7 Å². The Hall–Kier alpha value is -0.820. The molecule has 1 nitrogen and oxygen atoms in total. The molecule has 0 N–H and O–H groups in total. The highest BCUT2D eigenvalue weighted by Gasteiger charge is 2.13. The molecule has 13 heavy (non-hydrogen) atoms. The normalized spacial score (nSPS) is 11.3.